The van der Waals surface area contributed by atoms with Gasteiger partial charge in [-0.1, -0.05) is 178 Å². The van der Waals surface area contributed by atoms with Crippen LogP contribution in [-0.4, -0.2) is 14.1 Å². The van der Waals surface area contributed by atoms with Gasteiger partial charge in [-0.2, -0.15) is 0 Å². The summed E-state index contributed by atoms with van der Waals surface area (Å²) in [7, 11) is 0. The van der Waals surface area contributed by atoms with Crippen molar-refractivity contribution < 1.29 is 9.30 Å². The van der Waals surface area contributed by atoms with Gasteiger partial charge in [-0.05, 0) is 156 Å². The van der Waals surface area contributed by atoms with E-state index >= 15 is 0 Å². The third-order valence-corrected chi connectivity index (χ3v) is 16.7. The molecule has 0 saturated carbocycles. The minimum atomic E-state index is -0.0220. The van der Waals surface area contributed by atoms with Crippen LogP contribution in [0.1, 0.15) is 71.6 Å². The van der Waals surface area contributed by atoms with Crippen LogP contribution in [0.5, 0.6) is 11.5 Å². The molecule has 4 heterocycles. The molecule has 0 spiro atoms. The maximum Gasteiger partial charge on any atom is 0.269 e. The Morgan fingerprint density at radius 1 is 0.442 bits per heavy atom. The quantitative estimate of drug-likeness (QED) is 0.127. The van der Waals surface area contributed by atoms with Gasteiger partial charge in [0.1, 0.15) is 17.3 Å². The summed E-state index contributed by atoms with van der Waals surface area (Å²) in [4.78, 5) is 4.91. The Labute approximate surface area is 447 Å². The van der Waals surface area contributed by atoms with Crippen molar-refractivity contribution in [1.82, 2.24) is 14.1 Å². The maximum atomic E-state index is 6.84. The molecule has 0 amide bonds. The summed E-state index contributed by atoms with van der Waals surface area (Å²) >= 11 is 0. The molecule has 13 aromatic rings. The lowest BCUT2D eigenvalue weighted by atomic mass is 9.61. The van der Waals surface area contributed by atoms with Crippen molar-refractivity contribution in [1.29, 1.82) is 0 Å². The smallest absolute Gasteiger partial charge is 0.269 e. The molecule has 4 aliphatic rings. The molecule has 1 aliphatic heterocycles. The van der Waals surface area contributed by atoms with Crippen molar-refractivity contribution in [2.24, 2.45) is 0 Å². The van der Waals surface area contributed by atoms with Gasteiger partial charge in [0.15, 0.2) is 0 Å². The molecule has 0 radical (unpaired) electrons. The summed E-state index contributed by atoms with van der Waals surface area (Å²) in [6, 6.07) is 84.6. The third kappa shape index (κ3) is 6.60. The van der Waals surface area contributed by atoms with E-state index in [2.05, 4.69) is 265 Å². The molecule has 5 nitrogen and oxygen atoms in total. The number of hydrogen-bond donors (Lipinski definition) is 0. The van der Waals surface area contributed by atoms with Crippen LogP contribution < -0.4 is 9.30 Å². The van der Waals surface area contributed by atoms with Crippen LogP contribution >= 0.6 is 0 Å². The Bertz CT molecular complexity index is 4570. The summed E-state index contributed by atoms with van der Waals surface area (Å²) in [6.07, 6.45) is 5.82. The average Bonchev–Trinajstić information content (AvgIpc) is 4.19. The Morgan fingerprint density at radius 2 is 1.04 bits per heavy atom. The van der Waals surface area contributed by atoms with E-state index in [0.29, 0.717) is 0 Å². The number of pyridine rings is 1. The summed E-state index contributed by atoms with van der Waals surface area (Å²) in [5, 5.41) is 2.32. The second kappa shape index (κ2) is 16.5. The fourth-order valence-corrected chi connectivity index (χ4v) is 13.2. The predicted molar refractivity (Wildman–Crippen MR) is 311 cm³/mol. The minimum Gasteiger partial charge on any atom is -0.458 e. The summed E-state index contributed by atoms with van der Waals surface area (Å²) in [6.45, 7) is 6.72. The first-order valence-corrected chi connectivity index (χ1v) is 26.8. The van der Waals surface area contributed by atoms with Gasteiger partial charge in [0.05, 0.1) is 33.4 Å². The van der Waals surface area contributed by atoms with Gasteiger partial charge >= 0.3 is 0 Å². The van der Waals surface area contributed by atoms with Crippen LogP contribution in [0, 0.1) is 6.33 Å². The Morgan fingerprint density at radius 3 is 1.83 bits per heavy atom. The zero-order chi connectivity index (χ0) is 51.1. The van der Waals surface area contributed by atoms with Gasteiger partial charge in [-0.15, -0.1) is 0 Å². The van der Waals surface area contributed by atoms with Crippen LogP contribution in [0.2, 0.25) is 0 Å². The first-order valence-electron chi connectivity index (χ1n) is 26.8. The molecule has 0 fully saturated rings. The van der Waals surface area contributed by atoms with Gasteiger partial charge in [0.2, 0.25) is 0 Å². The normalized spacial score (nSPS) is 14.7. The first kappa shape index (κ1) is 43.8. The monoisotopic (exact) mass is 986 g/mol. The van der Waals surface area contributed by atoms with Crippen molar-refractivity contribution in [3.05, 3.63) is 282 Å². The molecule has 0 unspecified atom stereocenters. The highest BCUT2D eigenvalue weighted by Crippen LogP contribution is 2.56. The Balaban J connectivity index is 0.804. The van der Waals surface area contributed by atoms with E-state index in [-0.39, 0.29) is 17.3 Å². The topological polar surface area (TPSA) is 35.9 Å². The number of ether oxygens (including phenoxy) is 1. The van der Waals surface area contributed by atoms with Gasteiger partial charge < -0.3 is 4.74 Å². The molecule has 2 bridgehead atoms. The summed E-state index contributed by atoms with van der Waals surface area (Å²) < 4.78 is 13.6. The van der Waals surface area contributed by atoms with Crippen LogP contribution in [0.3, 0.4) is 0 Å². The fraction of sp³-hybridized carbons (Fsp3) is 0.0833. The lowest BCUT2D eigenvalue weighted by Crippen LogP contribution is -2.30. The van der Waals surface area contributed by atoms with Crippen LogP contribution in [-0.2, 0) is 5.41 Å². The van der Waals surface area contributed by atoms with Gasteiger partial charge in [-0.25, -0.2) is 4.98 Å². The van der Waals surface area contributed by atoms with E-state index in [1.165, 1.54) is 77.7 Å². The predicted octanol–water partition coefficient (Wildman–Crippen LogP) is 17.3. The van der Waals surface area contributed by atoms with Gasteiger partial charge in [0, 0.05) is 34.9 Å². The second-order valence-corrected chi connectivity index (χ2v) is 22.0. The minimum absolute atomic E-state index is 0.0220. The van der Waals surface area contributed by atoms with Crippen molar-refractivity contribution in [3.63, 3.8) is 0 Å². The maximum absolute atomic E-state index is 6.84. The van der Waals surface area contributed by atoms with Crippen molar-refractivity contribution in [3.8, 4) is 73.2 Å². The van der Waals surface area contributed by atoms with E-state index in [1.54, 1.807) is 0 Å². The number of aromatic nitrogens is 4. The number of fused-ring (bicyclic) bond motifs is 10. The lowest BCUT2D eigenvalue weighted by Gasteiger charge is -2.42. The standard InChI is InChI=1S/C72H50N4O/c1-72(2,3)46-36-37-73-68(40-46)76-65-28-13-11-21-54(65)55-35-32-49(42-67(55)76)77-48-17-14-16-47(41-48)74-43-75-64-27-12-10-20-53(64)52-33-30-44(38-62(52)51-19-5-4-18-50(51)61-26-15-29-66(74)71(61)75)45-31-34-60-63(39-45)70-58-24-8-6-22-56(58)69(60)57-23-7-9-25-59(57)70/h4-42,69-70H,1-3H3. The van der Waals surface area contributed by atoms with E-state index in [1.807, 2.05) is 12.3 Å². The van der Waals surface area contributed by atoms with E-state index in [4.69, 9.17) is 9.72 Å². The van der Waals surface area contributed by atoms with Crippen molar-refractivity contribution in [2.45, 2.75) is 38.0 Å². The van der Waals surface area contributed by atoms with E-state index < -0.39 is 0 Å². The number of nitrogens with zero attached hydrogens (tertiary/aromatic N) is 4. The molecular weight excluding hydrogens is 937 g/mol. The number of imidazole rings is 1. The molecule has 17 rings (SSSR count). The SMILES string of the molecule is CC(C)(C)c1ccnc(-n2c3ccccc3c3ccc(Oc4cccc(-n5[c-][n+]6c7c(cccc75)-c5ccccc5-c5cc(-c7ccc8c(c7)C7c9ccccc9C8c8ccccc87)ccc5-c5ccccc5-6)c4)cc32)c1. The van der Waals surface area contributed by atoms with Gasteiger partial charge in [0.25, 0.3) is 6.33 Å². The lowest BCUT2D eigenvalue weighted by molar-refractivity contribution is -0.571. The zero-order valence-electron chi connectivity index (χ0n) is 42.9. The highest BCUT2D eigenvalue weighted by Gasteiger charge is 2.41. The van der Waals surface area contributed by atoms with E-state index in [0.717, 1.165) is 67.3 Å². The third-order valence-electron chi connectivity index (χ3n) is 16.7. The Kier molecular flexibility index (Phi) is 9.36. The highest BCUT2D eigenvalue weighted by molar-refractivity contribution is 6.09. The van der Waals surface area contributed by atoms with Crippen LogP contribution in [0.4, 0.5) is 0 Å². The molecule has 5 heteroatoms. The number of para-hydroxylation sites is 3. The number of benzene rings is 10. The second-order valence-electron chi connectivity index (χ2n) is 22.0. The average molecular weight is 987 g/mol. The van der Waals surface area contributed by atoms with Crippen molar-refractivity contribution >= 4 is 32.8 Å². The molecule has 0 saturated heterocycles. The summed E-state index contributed by atoms with van der Waals surface area (Å²) in [5.74, 6) is 2.82. The fourth-order valence-electron chi connectivity index (χ4n) is 13.2. The number of hydrogen-bond acceptors (Lipinski definition) is 2. The van der Waals surface area contributed by atoms with Crippen LogP contribution in [0.25, 0.3) is 94.5 Å². The molecule has 77 heavy (non-hydrogen) atoms. The first-order chi connectivity index (χ1) is 37.8. The molecule has 0 atom stereocenters. The number of rotatable bonds is 5. The molecule has 3 aromatic heterocycles. The molecule has 364 valence electrons. The van der Waals surface area contributed by atoms with Crippen molar-refractivity contribution in [2.75, 3.05) is 0 Å². The molecule has 3 aliphatic carbocycles. The Hall–Kier alpha value is -9.58. The van der Waals surface area contributed by atoms with Gasteiger partial charge in [-0.3, -0.25) is 13.7 Å². The molecule has 10 aromatic carbocycles. The highest BCUT2D eigenvalue weighted by atomic mass is 16.5. The summed E-state index contributed by atoms with van der Waals surface area (Å²) in [5.41, 5.74) is 25.5. The molecular formula is C72H50N4O. The largest absolute Gasteiger partial charge is 0.458 e. The molecule has 0 N–H and O–H groups in total. The van der Waals surface area contributed by atoms with E-state index in [9.17, 15) is 0 Å². The zero-order valence-corrected chi connectivity index (χ0v) is 42.9. The van der Waals surface area contributed by atoms with Crippen LogP contribution in [0.15, 0.2) is 237 Å².